The highest BCUT2D eigenvalue weighted by Gasteiger charge is 2.30. The minimum Gasteiger partial charge on any atom is -0.462 e. The van der Waals surface area contributed by atoms with Gasteiger partial charge in [-0.25, -0.2) is 9.13 Å². The molecule has 0 radical (unpaired) electrons. The lowest BCUT2D eigenvalue weighted by Crippen LogP contribution is -2.30. The summed E-state index contributed by atoms with van der Waals surface area (Å²) in [6.45, 7) is 12.0. The third kappa shape index (κ3) is 73.0. The maximum atomic E-state index is 13.1. The Balaban J connectivity index is 5.24. The summed E-state index contributed by atoms with van der Waals surface area (Å²) in [6.07, 6.45) is 59.6. The van der Waals surface area contributed by atoms with Crippen molar-refractivity contribution in [3.63, 3.8) is 0 Å². The number of hydrogen-bond donors (Lipinski definition) is 3. The lowest BCUT2D eigenvalue weighted by Gasteiger charge is -2.21. The molecule has 0 heterocycles. The predicted molar refractivity (Wildman–Crippen MR) is 409 cm³/mol. The van der Waals surface area contributed by atoms with Crippen molar-refractivity contribution in [3.8, 4) is 0 Å². The number of phosphoric acid groups is 2. The molecule has 0 saturated carbocycles. The smallest absolute Gasteiger partial charge is 0.462 e. The Morgan fingerprint density at radius 2 is 0.510 bits per heavy atom. The van der Waals surface area contributed by atoms with E-state index in [0.717, 1.165) is 114 Å². The Bertz CT molecular complexity index is 1940. The van der Waals surface area contributed by atoms with Crippen LogP contribution in [0.3, 0.4) is 0 Å². The molecule has 0 aliphatic rings. The number of unbranched alkanes of at least 4 members (excludes halogenated alkanes) is 46. The van der Waals surface area contributed by atoms with Gasteiger partial charge in [-0.3, -0.25) is 37.3 Å². The average Bonchev–Trinajstić information content (AvgIpc) is 0.962. The minimum absolute atomic E-state index is 0.107. The summed E-state index contributed by atoms with van der Waals surface area (Å²) in [5.41, 5.74) is 0. The van der Waals surface area contributed by atoms with Gasteiger partial charge >= 0.3 is 39.5 Å². The van der Waals surface area contributed by atoms with Crippen LogP contribution in [0.25, 0.3) is 0 Å². The first kappa shape index (κ1) is 98.1. The zero-order valence-electron chi connectivity index (χ0n) is 65.7. The fourth-order valence-electron chi connectivity index (χ4n) is 12.5. The van der Waals surface area contributed by atoms with E-state index in [1.807, 2.05) is 0 Å². The normalized spacial score (nSPS) is 14.2. The van der Waals surface area contributed by atoms with Crippen molar-refractivity contribution >= 4 is 39.5 Å². The molecule has 0 rings (SSSR count). The molecule has 3 unspecified atom stereocenters. The maximum Gasteiger partial charge on any atom is 0.472 e. The van der Waals surface area contributed by atoms with Crippen molar-refractivity contribution in [2.24, 2.45) is 17.8 Å². The van der Waals surface area contributed by atoms with E-state index in [2.05, 4.69) is 48.5 Å². The zero-order valence-corrected chi connectivity index (χ0v) is 67.5. The molecule has 594 valence electrons. The molecule has 0 saturated heterocycles. The molecule has 0 aliphatic heterocycles. The fourth-order valence-corrected chi connectivity index (χ4v) is 14.0. The van der Waals surface area contributed by atoms with Crippen LogP contribution in [0.5, 0.6) is 0 Å². The van der Waals surface area contributed by atoms with E-state index in [-0.39, 0.29) is 25.7 Å². The first-order valence-electron chi connectivity index (χ1n) is 41.9. The highest BCUT2D eigenvalue weighted by molar-refractivity contribution is 7.47. The van der Waals surface area contributed by atoms with Gasteiger partial charge in [0, 0.05) is 25.7 Å². The van der Waals surface area contributed by atoms with Gasteiger partial charge in [0.2, 0.25) is 0 Å². The Morgan fingerprint density at radius 1 is 0.290 bits per heavy atom. The number of esters is 4. The molecule has 0 spiro atoms. The number of carbonyl (C=O) groups is 4. The lowest BCUT2D eigenvalue weighted by molar-refractivity contribution is -0.161. The van der Waals surface area contributed by atoms with Gasteiger partial charge in [-0.2, -0.15) is 0 Å². The third-order valence-corrected chi connectivity index (χ3v) is 21.1. The highest BCUT2D eigenvalue weighted by Crippen LogP contribution is 2.45. The van der Waals surface area contributed by atoms with E-state index in [0.29, 0.717) is 25.7 Å². The fraction of sp³-hybridized carbons (Fsp3) is 0.951. The van der Waals surface area contributed by atoms with E-state index >= 15 is 0 Å². The Kier molecular flexibility index (Phi) is 69.9. The average molecular weight is 1470 g/mol. The van der Waals surface area contributed by atoms with Crippen LogP contribution in [0.2, 0.25) is 0 Å². The Morgan fingerprint density at radius 3 is 0.760 bits per heavy atom. The van der Waals surface area contributed by atoms with Gasteiger partial charge in [-0.15, -0.1) is 0 Å². The van der Waals surface area contributed by atoms with Crippen LogP contribution in [-0.4, -0.2) is 96.7 Å². The van der Waals surface area contributed by atoms with Crippen molar-refractivity contribution in [2.75, 3.05) is 39.6 Å². The molecule has 3 N–H and O–H groups in total. The van der Waals surface area contributed by atoms with E-state index < -0.39 is 97.5 Å². The van der Waals surface area contributed by atoms with Crippen molar-refractivity contribution in [1.82, 2.24) is 0 Å². The zero-order chi connectivity index (χ0) is 73.7. The number of hydrogen-bond acceptors (Lipinski definition) is 15. The van der Waals surface area contributed by atoms with E-state index in [9.17, 15) is 43.2 Å². The van der Waals surface area contributed by atoms with Crippen LogP contribution in [0.15, 0.2) is 0 Å². The van der Waals surface area contributed by atoms with Crippen molar-refractivity contribution in [3.05, 3.63) is 0 Å². The molecular formula is C81H158O17P2. The van der Waals surface area contributed by atoms with E-state index in [1.54, 1.807) is 0 Å². The number of phosphoric ester groups is 2. The highest BCUT2D eigenvalue weighted by atomic mass is 31.2. The number of carbonyl (C=O) groups excluding carboxylic acids is 4. The summed E-state index contributed by atoms with van der Waals surface area (Å²) in [7, 11) is -9.92. The summed E-state index contributed by atoms with van der Waals surface area (Å²) < 4.78 is 68.7. The van der Waals surface area contributed by atoms with E-state index in [4.69, 9.17) is 37.0 Å². The van der Waals surface area contributed by atoms with Crippen molar-refractivity contribution in [2.45, 2.75) is 439 Å². The molecule has 0 fully saturated rings. The van der Waals surface area contributed by atoms with Crippen LogP contribution in [0.1, 0.15) is 421 Å². The number of aliphatic hydroxyl groups excluding tert-OH is 1. The lowest BCUT2D eigenvalue weighted by atomic mass is 10.00. The molecule has 0 amide bonds. The van der Waals surface area contributed by atoms with Gasteiger partial charge in [0.05, 0.1) is 26.4 Å². The summed E-state index contributed by atoms with van der Waals surface area (Å²) in [5, 5.41) is 10.6. The van der Waals surface area contributed by atoms with Gasteiger partial charge in [0.15, 0.2) is 12.2 Å². The summed E-state index contributed by atoms with van der Waals surface area (Å²) in [6, 6.07) is 0. The topological polar surface area (TPSA) is 237 Å². The first-order valence-corrected chi connectivity index (χ1v) is 44.9. The van der Waals surface area contributed by atoms with E-state index in [1.165, 1.54) is 225 Å². The molecule has 0 aliphatic carbocycles. The van der Waals surface area contributed by atoms with Crippen LogP contribution >= 0.6 is 15.6 Å². The molecule has 0 bridgehead atoms. The summed E-state index contributed by atoms with van der Waals surface area (Å²) in [4.78, 5) is 73.0. The first-order chi connectivity index (χ1) is 48.3. The molecule has 100 heavy (non-hydrogen) atoms. The summed E-state index contributed by atoms with van der Waals surface area (Å²) in [5.74, 6) is 0.229. The molecule has 0 aromatic heterocycles. The molecule has 17 nitrogen and oxygen atoms in total. The Labute approximate surface area is 613 Å². The SMILES string of the molecule is CCCCCCCCCCCCCCCCC(=O)O[C@H](COC(=O)CCCCCCCCC(C)CC)COP(=O)(O)OC[C@H](O)COP(=O)(O)OC[C@@H](COC(=O)CCCCCCCCCCCCCCCCC(C)C)OC(=O)CCCCCCCCCCCCCCCCCCC(C)C. The third-order valence-electron chi connectivity index (χ3n) is 19.2. The maximum absolute atomic E-state index is 13.1. The standard InChI is InChI=1S/C81H158O17P2/c1-8-10-11-12-13-14-15-16-25-31-36-41-50-57-64-81(86)98-77(69-92-79(84)63-56-49-44-43-47-54-61-74(7)9-2)71-96-100(89,90)94-67-75(82)66-93-99(87,88)95-70-76(68-91-78(83)62-55-48-40-35-30-26-22-21-24-29-34-39-46-53-60-73(5)6)97-80(85)65-58-51-42-37-32-27-20-18-17-19-23-28-33-38-45-52-59-72(3)4/h72-77,82H,8-71H2,1-7H3,(H,87,88)(H,89,90)/t74?,75-,76-,77-/m1/s1. The van der Waals surface area contributed by atoms with Crippen LogP contribution < -0.4 is 0 Å². The van der Waals surface area contributed by atoms with Crippen LogP contribution in [-0.2, 0) is 65.4 Å². The molecular weight excluding hydrogens is 1310 g/mol. The molecule has 0 aromatic rings. The second kappa shape index (κ2) is 71.3. The molecule has 19 heteroatoms. The van der Waals surface area contributed by atoms with Crippen LogP contribution in [0.4, 0.5) is 0 Å². The van der Waals surface area contributed by atoms with Gasteiger partial charge in [0.25, 0.3) is 0 Å². The largest absolute Gasteiger partial charge is 0.472 e. The number of aliphatic hydroxyl groups is 1. The van der Waals surface area contributed by atoms with Gasteiger partial charge < -0.3 is 33.8 Å². The monoisotopic (exact) mass is 1470 g/mol. The second-order valence-electron chi connectivity index (χ2n) is 30.4. The van der Waals surface area contributed by atoms with Gasteiger partial charge in [-0.1, -0.05) is 370 Å². The van der Waals surface area contributed by atoms with Crippen molar-refractivity contribution in [1.29, 1.82) is 0 Å². The summed E-state index contributed by atoms with van der Waals surface area (Å²) >= 11 is 0. The number of rotatable bonds is 79. The van der Waals surface area contributed by atoms with Crippen LogP contribution in [0, 0.1) is 17.8 Å². The quantitative estimate of drug-likeness (QED) is 0.0222. The Hall–Kier alpha value is -1.94. The molecule has 6 atom stereocenters. The predicted octanol–water partition coefficient (Wildman–Crippen LogP) is 24.1. The van der Waals surface area contributed by atoms with Gasteiger partial charge in [0.1, 0.15) is 19.3 Å². The second-order valence-corrected chi connectivity index (χ2v) is 33.3. The van der Waals surface area contributed by atoms with Gasteiger partial charge in [-0.05, 0) is 43.4 Å². The minimum atomic E-state index is -4.96. The van der Waals surface area contributed by atoms with Crippen molar-refractivity contribution < 1.29 is 80.2 Å². The molecule has 0 aromatic carbocycles. The number of ether oxygens (including phenoxy) is 4.